The van der Waals surface area contributed by atoms with Crippen LogP contribution in [0.5, 0.6) is 0 Å². The zero-order valence-electron chi connectivity index (χ0n) is 11.0. The predicted molar refractivity (Wildman–Crippen MR) is 68.8 cm³/mol. The van der Waals surface area contributed by atoms with E-state index in [0.29, 0.717) is 26.3 Å². The Morgan fingerprint density at radius 3 is 2.53 bits per heavy atom. The van der Waals surface area contributed by atoms with Gasteiger partial charge < -0.3 is 15.4 Å². The summed E-state index contributed by atoms with van der Waals surface area (Å²) < 4.78 is 5.22. The molecule has 1 amide bonds. The van der Waals surface area contributed by atoms with Crippen LogP contribution in [0.15, 0.2) is 0 Å². The Morgan fingerprint density at radius 2 is 1.88 bits per heavy atom. The van der Waals surface area contributed by atoms with E-state index in [-0.39, 0.29) is 11.9 Å². The Hall–Kier alpha value is -0.610. The van der Waals surface area contributed by atoms with Gasteiger partial charge in [-0.1, -0.05) is 39.0 Å². The van der Waals surface area contributed by atoms with E-state index in [2.05, 4.69) is 6.92 Å². The fourth-order valence-electron chi connectivity index (χ4n) is 2.11. The summed E-state index contributed by atoms with van der Waals surface area (Å²) in [5.74, 6) is 0.101. The van der Waals surface area contributed by atoms with Crippen LogP contribution in [0.2, 0.25) is 0 Å². The van der Waals surface area contributed by atoms with Crippen molar-refractivity contribution >= 4 is 5.91 Å². The fourth-order valence-corrected chi connectivity index (χ4v) is 2.11. The Kier molecular flexibility index (Phi) is 7.21. The van der Waals surface area contributed by atoms with Gasteiger partial charge >= 0.3 is 0 Å². The molecule has 0 aromatic carbocycles. The van der Waals surface area contributed by atoms with Gasteiger partial charge in [0, 0.05) is 13.1 Å². The molecular formula is C13H26N2O2. The summed E-state index contributed by atoms with van der Waals surface area (Å²) in [6, 6.07) is -0.310. The molecule has 1 atom stereocenters. The van der Waals surface area contributed by atoms with Gasteiger partial charge in [0.1, 0.15) is 0 Å². The van der Waals surface area contributed by atoms with Gasteiger partial charge in [0.2, 0.25) is 5.91 Å². The molecular weight excluding hydrogens is 216 g/mol. The van der Waals surface area contributed by atoms with Gasteiger partial charge in [-0.2, -0.15) is 0 Å². The molecule has 4 nitrogen and oxygen atoms in total. The quantitative estimate of drug-likeness (QED) is 0.689. The molecule has 0 bridgehead atoms. The van der Waals surface area contributed by atoms with Gasteiger partial charge in [-0.25, -0.2) is 0 Å². The number of amides is 1. The highest BCUT2D eigenvalue weighted by molar-refractivity contribution is 5.81. The normalized spacial score (nSPS) is 18.1. The second-order valence-corrected chi connectivity index (χ2v) is 4.75. The van der Waals surface area contributed by atoms with Crippen LogP contribution >= 0.6 is 0 Å². The Balaban J connectivity index is 2.12. The van der Waals surface area contributed by atoms with E-state index in [1.54, 1.807) is 0 Å². The van der Waals surface area contributed by atoms with Crippen molar-refractivity contribution in [2.45, 2.75) is 51.5 Å². The molecule has 100 valence electrons. The molecule has 0 radical (unpaired) electrons. The lowest BCUT2D eigenvalue weighted by atomic mass is 10.1. The van der Waals surface area contributed by atoms with E-state index in [4.69, 9.17) is 10.5 Å². The first-order chi connectivity index (χ1) is 8.25. The largest absolute Gasteiger partial charge is 0.378 e. The van der Waals surface area contributed by atoms with Crippen LogP contribution in [0.25, 0.3) is 0 Å². The highest BCUT2D eigenvalue weighted by Gasteiger charge is 2.22. The molecule has 4 heteroatoms. The zero-order valence-corrected chi connectivity index (χ0v) is 11.0. The first kappa shape index (κ1) is 14.5. The van der Waals surface area contributed by atoms with E-state index in [0.717, 1.165) is 12.8 Å². The molecule has 0 aromatic rings. The molecule has 1 unspecified atom stereocenters. The number of unbranched alkanes of at least 4 members (excludes halogenated alkanes) is 4. The van der Waals surface area contributed by atoms with E-state index < -0.39 is 0 Å². The molecule has 0 spiro atoms. The van der Waals surface area contributed by atoms with Gasteiger partial charge in [0.25, 0.3) is 0 Å². The number of hydrogen-bond donors (Lipinski definition) is 1. The van der Waals surface area contributed by atoms with Gasteiger partial charge in [-0.05, 0) is 6.42 Å². The lowest BCUT2D eigenvalue weighted by Crippen LogP contribution is -2.48. The standard InChI is InChI=1S/C13H26N2O2/c1-2-3-4-5-6-7-12(14)13(16)15-8-10-17-11-9-15/h12H,2-11,14H2,1H3. The topological polar surface area (TPSA) is 55.6 Å². The molecule has 0 aromatic heterocycles. The van der Waals surface area contributed by atoms with Crippen LogP contribution in [0.4, 0.5) is 0 Å². The van der Waals surface area contributed by atoms with Gasteiger partial charge in [0.15, 0.2) is 0 Å². The number of hydrogen-bond acceptors (Lipinski definition) is 3. The summed E-state index contributed by atoms with van der Waals surface area (Å²) in [7, 11) is 0. The zero-order chi connectivity index (χ0) is 12.5. The molecule has 1 aliphatic rings. The number of carbonyl (C=O) groups excluding carboxylic acids is 1. The van der Waals surface area contributed by atoms with E-state index in [1.165, 1.54) is 25.7 Å². The Morgan fingerprint density at radius 1 is 1.24 bits per heavy atom. The van der Waals surface area contributed by atoms with E-state index in [9.17, 15) is 4.79 Å². The third kappa shape index (κ3) is 5.50. The number of morpholine rings is 1. The Bertz CT molecular complexity index is 215. The minimum Gasteiger partial charge on any atom is -0.378 e. The molecule has 0 saturated carbocycles. The summed E-state index contributed by atoms with van der Waals surface area (Å²) in [5.41, 5.74) is 5.93. The molecule has 1 heterocycles. The first-order valence-electron chi connectivity index (χ1n) is 6.87. The van der Waals surface area contributed by atoms with Gasteiger partial charge in [-0.15, -0.1) is 0 Å². The SMILES string of the molecule is CCCCCCCC(N)C(=O)N1CCOCC1. The molecule has 17 heavy (non-hydrogen) atoms. The molecule has 1 aliphatic heterocycles. The van der Waals surface area contributed by atoms with E-state index in [1.807, 2.05) is 4.90 Å². The summed E-state index contributed by atoms with van der Waals surface area (Å²) in [4.78, 5) is 13.8. The number of rotatable bonds is 7. The van der Waals surface area contributed by atoms with Crippen molar-refractivity contribution < 1.29 is 9.53 Å². The molecule has 1 rings (SSSR count). The average Bonchev–Trinajstić information content (AvgIpc) is 2.38. The van der Waals surface area contributed by atoms with E-state index >= 15 is 0 Å². The second kappa shape index (κ2) is 8.48. The van der Waals surface area contributed by atoms with Crippen molar-refractivity contribution in [3.63, 3.8) is 0 Å². The summed E-state index contributed by atoms with van der Waals surface area (Å²) in [6.45, 7) is 4.89. The van der Waals surface area contributed by atoms with Crippen molar-refractivity contribution in [2.75, 3.05) is 26.3 Å². The third-order valence-electron chi connectivity index (χ3n) is 3.26. The molecule has 1 saturated heterocycles. The van der Waals surface area contributed by atoms with Crippen LogP contribution < -0.4 is 5.73 Å². The number of ether oxygens (including phenoxy) is 1. The second-order valence-electron chi connectivity index (χ2n) is 4.75. The van der Waals surface area contributed by atoms with Crippen LogP contribution in [0.3, 0.4) is 0 Å². The first-order valence-corrected chi connectivity index (χ1v) is 6.87. The number of nitrogens with zero attached hydrogens (tertiary/aromatic N) is 1. The van der Waals surface area contributed by atoms with Crippen molar-refractivity contribution in [1.29, 1.82) is 0 Å². The van der Waals surface area contributed by atoms with Crippen LogP contribution in [0.1, 0.15) is 45.4 Å². The van der Waals surface area contributed by atoms with Crippen LogP contribution in [0, 0.1) is 0 Å². The van der Waals surface area contributed by atoms with Crippen molar-refractivity contribution in [3.05, 3.63) is 0 Å². The maximum atomic E-state index is 12.0. The highest BCUT2D eigenvalue weighted by atomic mass is 16.5. The third-order valence-corrected chi connectivity index (χ3v) is 3.26. The minimum absolute atomic E-state index is 0.101. The van der Waals surface area contributed by atoms with Crippen LogP contribution in [-0.2, 0) is 9.53 Å². The molecule has 2 N–H and O–H groups in total. The number of carbonyl (C=O) groups is 1. The van der Waals surface area contributed by atoms with Crippen LogP contribution in [-0.4, -0.2) is 43.2 Å². The van der Waals surface area contributed by atoms with Crippen molar-refractivity contribution in [1.82, 2.24) is 4.90 Å². The highest BCUT2D eigenvalue weighted by Crippen LogP contribution is 2.08. The summed E-state index contributed by atoms with van der Waals surface area (Å²) in [5, 5.41) is 0. The van der Waals surface area contributed by atoms with Crippen molar-refractivity contribution in [3.8, 4) is 0 Å². The molecule has 1 fully saturated rings. The van der Waals surface area contributed by atoms with Gasteiger partial charge in [-0.3, -0.25) is 4.79 Å². The predicted octanol–water partition coefficient (Wildman–Crippen LogP) is 1.53. The lowest BCUT2D eigenvalue weighted by molar-refractivity contribution is -0.136. The van der Waals surface area contributed by atoms with Gasteiger partial charge in [0.05, 0.1) is 19.3 Å². The average molecular weight is 242 g/mol. The molecule has 0 aliphatic carbocycles. The Labute approximate surface area is 104 Å². The lowest BCUT2D eigenvalue weighted by Gasteiger charge is -2.29. The fraction of sp³-hybridized carbons (Fsp3) is 0.923. The number of nitrogens with two attached hydrogens (primary N) is 1. The smallest absolute Gasteiger partial charge is 0.239 e. The minimum atomic E-state index is -0.310. The maximum Gasteiger partial charge on any atom is 0.239 e. The summed E-state index contributed by atoms with van der Waals surface area (Å²) >= 11 is 0. The maximum absolute atomic E-state index is 12.0. The van der Waals surface area contributed by atoms with Crippen molar-refractivity contribution in [2.24, 2.45) is 5.73 Å². The monoisotopic (exact) mass is 242 g/mol. The summed E-state index contributed by atoms with van der Waals surface area (Å²) in [6.07, 6.45) is 6.87.